The molecule has 0 heterocycles. The number of benzene rings is 4. The normalized spacial score (nSPS) is 18.4. The Kier molecular flexibility index (Phi) is 5.36. The summed E-state index contributed by atoms with van der Waals surface area (Å²) < 4.78 is 0. The first-order chi connectivity index (χ1) is 18.5. The molecule has 2 aliphatic carbocycles. The van der Waals surface area contributed by atoms with Crippen LogP contribution < -0.4 is 0 Å². The van der Waals surface area contributed by atoms with Gasteiger partial charge in [0.05, 0.1) is 0 Å². The van der Waals surface area contributed by atoms with Gasteiger partial charge in [-0.15, -0.1) is 0 Å². The molecule has 2 heteroatoms. The second kappa shape index (κ2) is 8.53. The zero-order valence-corrected chi connectivity index (χ0v) is 21.1. The fourth-order valence-corrected chi connectivity index (χ4v) is 6.50. The van der Waals surface area contributed by atoms with Crippen molar-refractivity contribution in [1.82, 2.24) is 0 Å². The largest absolute Gasteiger partial charge is 0.376 e. The predicted octanol–water partition coefficient (Wildman–Crippen LogP) is 7.61. The number of rotatable bonds is 6. The van der Waals surface area contributed by atoms with Crippen molar-refractivity contribution in [1.29, 1.82) is 0 Å². The van der Waals surface area contributed by atoms with Crippen LogP contribution in [0, 0.1) is 0 Å². The lowest BCUT2D eigenvalue weighted by molar-refractivity contribution is 0.125. The van der Waals surface area contributed by atoms with Gasteiger partial charge in [0.2, 0.25) is 0 Å². The van der Waals surface area contributed by atoms with Crippen LogP contribution in [0.3, 0.4) is 0 Å². The van der Waals surface area contributed by atoms with Crippen molar-refractivity contribution in [2.75, 3.05) is 0 Å². The van der Waals surface area contributed by atoms with Crippen molar-refractivity contribution in [2.24, 2.45) is 0 Å². The summed E-state index contributed by atoms with van der Waals surface area (Å²) in [4.78, 5) is 0. The molecular formula is C36H28O2. The Morgan fingerprint density at radius 1 is 0.447 bits per heavy atom. The first kappa shape index (κ1) is 23.9. The Morgan fingerprint density at radius 2 is 0.868 bits per heavy atom. The van der Waals surface area contributed by atoms with E-state index in [1.165, 1.54) is 0 Å². The minimum Gasteiger partial charge on any atom is -0.376 e. The highest BCUT2D eigenvalue weighted by atomic mass is 16.3. The molecule has 0 saturated heterocycles. The zero-order valence-electron chi connectivity index (χ0n) is 21.1. The third-order valence-electron chi connectivity index (χ3n) is 8.09. The van der Waals surface area contributed by atoms with Gasteiger partial charge in [0, 0.05) is 27.8 Å². The van der Waals surface area contributed by atoms with E-state index in [-0.39, 0.29) is 0 Å². The van der Waals surface area contributed by atoms with Gasteiger partial charge < -0.3 is 10.2 Å². The second-order valence-corrected chi connectivity index (χ2v) is 9.69. The monoisotopic (exact) mass is 492 g/mol. The molecule has 0 bridgehead atoms. The molecule has 2 nitrogen and oxygen atoms in total. The van der Waals surface area contributed by atoms with Crippen LogP contribution in [0.4, 0.5) is 0 Å². The van der Waals surface area contributed by atoms with Crippen LogP contribution in [0.5, 0.6) is 0 Å². The van der Waals surface area contributed by atoms with E-state index in [9.17, 15) is 10.2 Å². The summed E-state index contributed by atoms with van der Waals surface area (Å²) >= 11 is 0. The van der Waals surface area contributed by atoms with Crippen LogP contribution in [0.1, 0.15) is 44.5 Å². The van der Waals surface area contributed by atoms with Crippen LogP contribution in [-0.2, 0) is 11.2 Å². The van der Waals surface area contributed by atoms with E-state index in [2.05, 4.69) is 26.3 Å². The van der Waals surface area contributed by atoms with Gasteiger partial charge in [-0.2, -0.15) is 0 Å². The van der Waals surface area contributed by atoms with Gasteiger partial charge in [-0.1, -0.05) is 136 Å². The fraction of sp³-hybridized carbons (Fsp3) is 0.0556. The van der Waals surface area contributed by atoms with Gasteiger partial charge in [-0.3, -0.25) is 0 Å². The molecule has 1 unspecified atom stereocenters. The first-order valence-corrected chi connectivity index (χ1v) is 12.6. The van der Waals surface area contributed by atoms with E-state index >= 15 is 0 Å². The molecule has 0 fully saturated rings. The molecule has 38 heavy (non-hydrogen) atoms. The quantitative estimate of drug-likeness (QED) is 0.291. The summed E-state index contributed by atoms with van der Waals surface area (Å²) in [6.45, 7) is 16.3. The summed E-state index contributed by atoms with van der Waals surface area (Å²) in [5.74, 6) is 0. The van der Waals surface area contributed by atoms with E-state index in [4.69, 9.17) is 0 Å². The minimum absolute atomic E-state index is 0.647. The second-order valence-electron chi connectivity index (χ2n) is 9.69. The van der Waals surface area contributed by atoms with Gasteiger partial charge in [0.15, 0.2) is 0 Å². The Bertz CT molecular complexity index is 1670. The summed E-state index contributed by atoms with van der Waals surface area (Å²) in [5, 5.41) is 25.1. The number of allylic oxidation sites excluding steroid dienone is 2. The lowest BCUT2D eigenvalue weighted by Crippen LogP contribution is -2.31. The first-order valence-electron chi connectivity index (χ1n) is 12.6. The van der Waals surface area contributed by atoms with Crippen molar-refractivity contribution in [3.05, 3.63) is 173 Å². The maximum Gasteiger partial charge on any atom is 0.142 e. The Morgan fingerprint density at radius 3 is 1.32 bits per heavy atom. The molecule has 1 atom stereocenters. The van der Waals surface area contributed by atoms with Crippen LogP contribution in [-0.4, -0.2) is 10.2 Å². The highest BCUT2D eigenvalue weighted by Gasteiger charge is 2.47. The van der Waals surface area contributed by atoms with Crippen molar-refractivity contribution in [3.8, 4) is 11.1 Å². The van der Waals surface area contributed by atoms with Gasteiger partial charge >= 0.3 is 0 Å². The molecule has 0 spiro atoms. The van der Waals surface area contributed by atoms with Gasteiger partial charge in [0.1, 0.15) is 11.2 Å². The van der Waals surface area contributed by atoms with Gasteiger partial charge in [0.25, 0.3) is 0 Å². The van der Waals surface area contributed by atoms with E-state index in [0.717, 1.165) is 39.0 Å². The lowest BCUT2D eigenvalue weighted by Gasteiger charge is -2.33. The van der Waals surface area contributed by atoms with E-state index < -0.39 is 11.2 Å². The smallest absolute Gasteiger partial charge is 0.142 e. The summed E-state index contributed by atoms with van der Waals surface area (Å²) in [7, 11) is 0. The lowest BCUT2D eigenvalue weighted by atomic mass is 9.75. The van der Waals surface area contributed by atoms with Gasteiger partial charge in [-0.25, -0.2) is 0 Å². The minimum atomic E-state index is -1.48. The van der Waals surface area contributed by atoms with E-state index in [0.29, 0.717) is 27.8 Å². The molecule has 0 amide bonds. The molecule has 0 radical (unpaired) electrons. The number of fused-ring (bicyclic) bond motifs is 4. The van der Waals surface area contributed by atoms with Crippen molar-refractivity contribution >= 4 is 17.7 Å². The highest BCUT2D eigenvalue weighted by Crippen LogP contribution is 2.55. The highest BCUT2D eigenvalue weighted by molar-refractivity contribution is 5.90. The molecule has 0 aromatic heterocycles. The van der Waals surface area contributed by atoms with E-state index in [1.54, 1.807) is 24.3 Å². The van der Waals surface area contributed by atoms with Crippen LogP contribution >= 0.6 is 0 Å². The summed E-state index contributed by atoms with van der Waals surface area (Å²) in [6.07, 6.45) is 6.94. The molecule has 2 N–H and O–H groups in total. The average molecular weight is 493 g/mol. The van der Waals surface area contributed by atoms with Gasteiger partial charge in [-0.05, 0) is 39.0 Å². The molecule has 2 aliphatic rings. The molecule has 0 saturated carbocycles. The third-order valence-corrected chi connectivity index (χ3v) is 8.09. The average Bonchev–Trinajstić information content (AvgIpc) is 3.38. The standard InChI is InChI=1S/C36H28O2/c1-5-23-24(6-2)34(36(38)31-19-13-10-16-27(31)28-17-11-14-20-32(28)36)22-21-33(23)35(37)29(8-4)25(7-3)26-15-9-12-18-30(26)35/h5-22,37-38H,1-4H2. The summed E-state index contributed by atoms with van der Waals surface area (Å²) in [6, 6.07) is 27.5. The third kappa shape index (κ3) is 2.84. The fourth-order valence-electron chi connectivity index (χ4n) is 6.50. The molecule has 184 valence electrons. The van der Waals surface area contributed by atoms with Crippen molar-refractivity contribution < 1.29 is 10.2 Å². The molecule has 4 aromatic rings. The van der Waals surface area contributed by atoms with Crippen molar-refractivity contribution in [2.45, 2.75) is 11.2 Å². The number of aliphatic hydroxyl groups is 2. The maximum absolute atomic E-state index is 12.6. The number of hydrogen-bond acceptors (Lipinski definition) is 2. The summed E-state index contributed by atoms with van der Waals surface area (Å²) in [5.41, 5.74) is 6.69. The Labute approximate surface area is 223 Å². The zero-order chi connectivity index (χ0) is 26.7. The predicted molar refractivity (Wildman–Crippen MR) is 157 cm³/mol. The maximum atomic E-state index is 12.6. The Balaban J connectivity index is 1.68. The van der Waals surface area contributed by atoms with Crippen LogP contribution in [0.15, 0.2) is 129 Å². The van der Waals surface area contributed by atoms with Crippen LogP contribution in [0.2, 0.25) is 0 Å². The molecule has 4 aromatic carbocycles. The number of hydrogen-bond donors (Lipinski definition) is 2. The van der Waals surface area contributed by atoms with Crippen LogP contribution in [0.25, 0.3) is 28.9 Å². The Hall–Kier alpha value is -4.50. The molecule has 0 aliphatic heterocycles. The molecule has 6 rings (SSSR count). The van der Waals surface area contributed by atoms with Crippen molar-refractivity contribution in [3.63, 3.8) is 0 Å². The molecular weight excluding hydrogens is 464 g/mol. The SMILES string of the molecule is C=CC1=C(C=C)C(O)(c2ccc(C3(O)c4ccccc4-c4ccccc43)c(C=C)c2C=C)c2ccccc21. The van der Waals surface area contributed by atoms with E-state index in [1.807, 2.05) is 84.9 Å². The topological polar surface area (TPSA) is 40.5 Å².